The first kappa shape index (κ1) is 13.1. The third kappa shape index (κ3) is 2.58. The molecule has 0 aromatic heterocycles. The quantitative estimate of drug-likeness (QED) is 0.635. The second-order valence-corrected chi connectivity index (χ2v) is 7.43. The second kappa shape index (κ2) is 5.12. The Morgan fingerprint density at radius 3 is 2.18 bits per heavy atom. The molecule has 0 saturated heterocycles. The summed E-state index contributed by atoms with van der Waals surface area (Å²) in [6.45, 7) is 0. The van der Waals surface area contributed by atoms with E-state index < -0.39 is 9.84 Å². The van der Waals surface area contributed by atoms with Gasteiger partial charge in [-0.3, -0.25) is 0 Å². The topological polar surface area (TPSA) is 34.1 Å². The first-order valence-corrected chi connectivity index (χ1v) is 8.24. The van der Waals surface area contributed by atoms with E-state index in [0.717, 1.165) is 0 Å². The van der Waals surface area contributed by atoms with E-state index in [0.29, 0.717) is 12.0 Å². The SMILES string of the molecule is O=S(=O)(c1cc#ccc1I)c1ccccc1I. The standard InChI is InChI=1S/C12H6I2O2S/c13-9-5-1-3-7-11(9)17(15,16)12-8-4-2-6-10(12)14/h1,3,5-8H. The highest BCUT2D eigenvalue weighted by Gasteiger charge is 2.22. The molecule has 0 N–H and O–H groups in total. The van der Waals surface area contributed by atoms with Gasteiger partial charge in [0.05, 0.1) is 9.79 Å². The summed E-state index contributed by atoms with van der Waals surface area (Å²) in [7, 11) is -3.47. The first-order valence-electron chi connectivity index (χ1n) is 4.60. The van der Waals surface area contributed by atoms with E-state index >= 15 is 0 Å². The maximum absolute atomic E-state index is 12.4. The minimum absolute atomic E-state index is 0.279. The molecule has 2 aromatic rings. The zero-order chi connectivity index (χ0) is 12.5. The molecule has 5 heteroatoms. The van der Waals surface area contributed by atoms with E-state index in [1.165, 1.54) is 6.07 Å². The molecular formula is C12H6I2O2S. The summed E-state index contributed by atoms with van der Waals surface area (Å²) in [6, 6.07) is 15.4. The van der Waals surface area contributed by atoms with Crippen molar-refractivity contribution in [2.24, 2.45) is 0 Å². The fourth-order valence-corrected chi connectivity index (χ4v) is 5.13. The van der Waals surface area contributed by atoms with Crippen molar-refractivity contribution in [1.82, 2.24) is 0 Å². The third-order valence-electron chi connectivity index (χ3n) is 2.14. The summed E-state index contributed by atoms with van der Waals surface area (Å²) in [4.78, 5) is 0.610. The maximum atomic E-state index is 12.4. The van der Waals surface area contributed by atoms with Gasteiger partial charge < -0.3 is 0 Å². The largest absolute Gasteiger partial charge is 0.218 e. The van der Waals surface area contributed by atoms with Gasteiger partial charge in [-0.1, -0.05) is 24.3 Å². The van der Waals surface area contributed by atoms with Crippen molar-refractivity contribution in [3.63, 3.8) is 0 Å². The Bertz CT molecular complexity index is 600. The van der Waals surface area contributed by atoms with Crippen LogP contribution in [0.25, 0.3) is 0 Å². The van der Waals surface area contributed by atoms with Gasteiger partial charge in [0.1, 0.15) is 0 Å². The van der Waals surface area contributed by atoms with Gasteiger partial charge in [0, 0.05) is 19.3 Å². The molecular weight excluding hydrogens is 462 g/mol. The van der Waals surface area contributed by atoms with Gasteiger partial charge in [0.25, 0.3) is 0 Å². The number of rotatable bonds is 2. The molecule has 0 atom stereocenters. The molecule has 2 rings (SSSR count). The van der Waals surface area contributed by atoms with Gasteiger partial charge in [0.2, 0.25) is 9.84 Å². The Kier molecular flexibility index (Phi) is 3.95. The van der Waals surface area contributed by atoms with Crippen LogP contribution in [0.1, 0.15) is 0 Å². The fourth-order valence-electron chi connectivity index (χ4n) is 1.34. The predicted molar refractivity (Wildman–Crippen MR) is 81.4 cm³/mol. The van der Waals surface area contributed by atoms with Crippen molar-refractivity contribution < 1.29 is 8.42 Å². The maximum Gasteiger partial charge on any atom is 0.209 e. The summed E-state index contributed by atoms with van der Waals surface area (Å²) in [6.07, 6.45) is 0. The van der Waals surface area contributed by atoms with Gasteiger partial charge in [-0.05, 0) is 57.3 Å². The third-order valence-corrected chi connectivity index (χ3v) is 6.55. The Morgan fingerprint density at radius 2 is 1.53 bits per heavy atom. The van der Waals surface area contributed by atoms with Crippen LogP contribution < -0.4 is 0 Å². The fraction of sp³-hybridized carbons (Fsp3) is 0. The van der Waals surface area contributed by atoms with Gasteiger partial charge in [-0.25, -0.2) is 8.42 Å². The molecule has 0 amide bonds. The van der Waals surface area contributed by atoms with Crippen molar-refractivity contribution in [3.8, 4) is 0 Å². The van der Waals surface area contributed by atoms with Gasteiger partial charge >= 0.3 is 0 Å². The van der Waals surface area contributed by atoms with E-state index in [2.05, 4.69) is 12.1 Å². The van der Waals surface area contributed by atoms with E-state index in [4.69, 9.17) is 0 Å². The predicted octanol–water partition coefficient (Wildman–Crippen LogP) is 3.33. The molecule has 0 unspecified atom stereocenters. The normalized spacial score (nSPS) is 10.9. The lowest BCUT2D eigenvalue weighted by molar-refractivity contribution is 0.595. The van der Waals surface area contributed by atoms with Crippen LogP contribution >= 0.6 is 45.2 Å². The number of hydrogen-bond acceptors (Lipinski definition) is 2. The Labute approximate surface area is 128 Å². The smallest absolute Gasteiger partial charge is 0.209 e. The van der Waals surface area contributed by atoms with Crippen LogP contribution in [0.15, 0.2) is 46.2 Å². The minimum Gasteiger partial charge on any atom is -0.218 e. The van der Waals surface area contributed by atoms with Crippen LogP contribution in [-0.4, -0.2) is 8.42 Å². The van der Waals surface area contributed by atoms with Crippen LogP contribution in [0.2, 0.25) is 0 Å². The number of halogens is 2. The highest BCUT2D eigenvalue weighted by Crippen LogP contribution is 2.27. The van der Waals surface area contributed by atoms with Crippen LogP contribution in [0.3, 0.4) is 0 Å². The van der Waals surface area contributed by atoms with Crippen LogP contribution in [0, 0.1) is 19.3 Å². The summed E-state index contributed by atoms with van der Waals surface area (Å²) in [5, 5.41) is 0. The molecule has 0 fully saturated rings. The van der Waals surface area contributed by atoms with Crippen LogP contribution in [-0.2, 0) is 9.84 Å². The van der Waals surface area contributed by atoms with Crippen molar-refractivity contribution in [1.29, 1.82) is 0 Å². The van der Waals surface area contributed by atoms with Gasteiger partial charge in [-0.15, -0.1) is 0 Å². The average Bonchev–Trinajstić information content (AvgIpc) is 2.29. The van der Waals surface area contributed by atoms with Crippen LogP contribution in [0.4, 0.5) is 0 Å². The van der Waals surface area contributed by atoms with E-state index in [1.54, 1.807) is 24.3 Å². The molecule has 0 aliphatic carbocycles. The van der Waals surface area contributed by atoms with Crippen molar-refractivity contribution >= 4 is 55.0 Å². The van der Waals surface area contributed by atoms with E-state index in [9.17, 15) is 8.42 Å². The zero-order valence-electron chi connectivity index (χ0n) is 8.44. The molecule has 0 bridgehead atoms. The number of benzene rings is 1. The molecule has 0 heterocycles. The highest BCUT2D eigenvalue weighted by atomic mass is 127. The molecule has 2 nitrogen and oxygen atoms in total. The lowest BCUT2D eigenvalue weighted by Gasteiger charge is -2.06. The Hall–Kier alpha value is -0.330. The zero-order valence-corrected chi connectivity index (χ0v) is 13.6. The molecule has 0 radical (unpaired) electrons. The lowest BCUT2D eigenvalue weighted by atomic mass is 10.4. The average molecular weight is 468 g/mol. The van der Waals surface area contributed by atoms with E-state index in [1.807, 2.05) is 51.2 Å². The monoisotopic (exact) mass is 468 g/mol. The summed E-state index contributed by atoms with van der Waals surface area (Å²) in [5.41, 5.74) is 0. The molecule has 0 aliphatic heterocycles. The summed E-state index contributed by atoms with van der Waals surface area (Å²) < 4.78 is 26.2. The second-order valence-electron chi connectivity index (χ2n) is 3.22. The van der Waals surface area contributed by atoms with Crippen molar-refractivity contribution in [2.75, 3.05) is 0 Å². The number of sulfone groups is 1. The van der Waals surface area contributed by atoms with Gasteiger partial charge in [0.15, 0.2) is 0 Å². The molecule has 0 saturated carbocycles. The number of hydrogen-bond donors (Lipinski definition) is 0. The molecule has 17 heavy (non-hydrogen) atoms. The van der Waals surface area contributed by atoms with Gasteiger partial charge in [-0.2, -0.15) is 0 Å². The molecule has 0 spiro atoms. The Morgan fingerprint density at radius 1 is 0.882 bits per heavy atom. The van der Waals surface area contributed by atoms with E-state index in [-0.39, 0.29) is 4.90 Å². The molecule has 86 valence electrons. The molecule has 2 aromatic carbocycles. The van der Waals surface area contributed by atoms with Crippen molar-refractivity contribution in [3.05, 3.63) is 55.7 Å². The summed E-state index contributed by atoms with van der Waals surface area (Å²) >= 11 is 4.02. The summed E-state index contributed by atoms with van der Waals surface area (Å²) in [5.74, 6) is 0. The lowest BCUT2D eigenvalue weighted by Crippen LogP contribution is -2.05. The van der Waals surface area contributed by atoms with Crippen LogP contribution in [0.5, 0.6) is 0 Å². The Balaban J connectivity index is 2.67. The minimum atomic E-state index is -3.47. The van der Waals surface area contributed by atoms with Crippen molar-refractivity contribution in [2.45, 2.75) is 9.79 Å². The molecule has 0 aliphatic rings. The first-order chi connectivity index (χ1) is 8.03. The highest BCUT2D eigenvalue weighted by molar-refractivity contribution is 14.1.